The lowest BCUT2D eigenvalue weighted by Crippen LogP contribution is -2.29. The molecular formula is C19H21NOS. The molecule has 2 nitrogen and oxygen atoms in total. The summed E-state index contributed by atoms with van der Waals surface area (Å²) in [4.78, 5) is 15.1. The van der Waals surface area contributed by atoms with Crippen LogP contribution >= 0.6 is 11.3 Å². The molecule has 0 bridgehead atoms. The van der Waals surface area contributed by atoms with E-state index in [0.29, 0.717) is 13.1 Å². The first-order chi connectivity index (χ1) is 10.6. The van der Waals surface area contributed by atoms with E-state index in [1.807, 2.05) is 48.4 Å². The lowest BCUT2D eigenvalue weighted by Gasteiger charge is -2.20. The molecular weight excluding hydrogens is 290 g/mol. The third kappa shape index (κ3) is 4.43. The predicted octanol–water partition coefficient (Wildman–Crippen LogP) is 5.00. The molecule has 1 heterocycles. The fourth-order valence-corrected chi connectivity index (χ4v) is 2.77. The summed E-state index contributed by atoms with van der Waals surface area (Å²) in [5.74, 6) is 0.101. The van der Waals surface area contributed by atoms with Gasteiger partial charge in [0.25, 0.3) is 5.91 Å². The Balaban J connectivity index is 2.05. The van der Waals surface area contributed by atoms with Crippen molar-refractivity contribution in [3.8, 4) is 0 Å². The van der Waals surface area contributed by atoms with E-state index in [-0.39, 0.29) is 5.91 Å². The van der Waals surface area contributed by atoms with Crippen LogP contribution in [0.5, 0.6) is 0 Å². The number of rotatable bonds is 6. The highest BCUT2D eigenvalue weighted by Crippen LogP contribution is 2.15. The summed E-state index contributed by atoms with van der Waals surface area (Å²) in [5.41, 5.74) is 3.31. The minimum Gasteiger partial charge on any atom is -0.334 e. The summed E-state index contributed by atoms with van der Waals surface area (Å²) in [6.07, 6.45) is 4.04. The normalized spacial score (nSPS) is 10.8. The summed E-state index contributed by atoms with van der Waals surface area (Å²) in [5, 5.41) is 1.93. The van der Waals surface area contributed by atoms with Gasteiger partial charge in [-0.25, -0.2) is 0 Å². The van der Waals surface area contributed by atoms with Crippen LogP contribution in [0.4, 0.5) is 0 Å². The van der Waals surface area contributed by atoms with Crippen molar-refractivity contribution in [2.24, 2.45) is 0 Å². The number of carbonyl (C=O) groups is 1. The van der Waals surface area contributed by atoms with E-state index in [9.17, 15) is 4.79 Å². The van der Waals surface area contributed by atoms with Gasteiger partial charge in [0.2, 0.25) is 0 Å². The van der Waals surface area contributed by atoms with Gasteiger partial charge in [0.1, 0.15) is 0 Å². The molecule has 0 unspecified atom stereocenters. The van der Waals surface area contributed by atoms with Crippen LogP contribution in [-0.2, 0) is 6.54 Å². The van der Waals surface area contributed by atoms with Gasteiger partial charge in [0.15, 0.2) is 0 Å². The molecule has 0 saturated carbocycles. The number of amides is 1. The van der Waals surface area contributed by atoms with Crippen LogP contribution in [-0.4, -0.2) is 17.4 Å². The summed E-state index contributed by atoms with van der Waals surface area (Å²) in [6, 6.07) is 12.1. The van der Waals surface area contributed by atoms with Gasteiger partial charge in [0, 0.05) is 13.1 Å². The van der Waals surface area contributed by atoms with Crippen molar-refractivity contribution in [1.82, 2.24) is 4.90 Å². The van der Waals surface area contributed by atoms with Crippen LogP contribution in [0.15, 0.2) is 60.0 Å². The molecule has 3 heteroatoms. The van der Waals surface area contributed by atoms with E-state index >= 15 is 0 Å². The first-order valence-electron chi connectivity index (χ1n) is 7.35. The molecule has 0 aliphatic rings. The number of hydrogen-bond donors (Lipinski definition) is 0. The van der Waals surface area contributed by atoms with Gasteiger partial charge in [-0.15, -0.1) is 11.3 Å². The Morgan fingerprint density at radius 3 is 2.55 bits per heavy atom. The molecule has 0 aliphatic heterocycles. The topological polar surface area (TPSA) is 20.3 Å². The number of thiophene rings is 1. The van der Waals surface area contributed by atoms with Gasteiger partial charge < -0.3 is 4.90 Å². The molecule has 2 aromatic rings. The second-order valence-corrected chi connectivity index (χ2v) is 6.17. The summed E-state index contributed by atoms with van der Waals surface area (Å²) in [6.45, 7) is 9.17. The quantitative estimate of drug-likeness (QED) is 0.687. The second-order valence-electron chi connectivity index (χ2n) is 5.22. The zero-order valence-electron chi connectivity index (χ0n) is 13.1. The van der Waals surface area contributed by atoms with E-state index in [2.05, 4.69) is 30.8 Å². The fourth-order valence-electron chi connectivity index (χ4n) is 2.08. The van der Waals surface area contributed by atoms with Crippen LogP contribution in [0.3, 0.4) is 0 Å². The summed E-state index contributed by atoms with van der Waals surface area (Å²) in [7, 11) is 0. The molecule has 0 spiro atoms. The average molecular weight is 311 g/mol. The molecule has 0 radical (unpaired) electrons. The maximum atomic E-state index is 12.4. The average Bonchev–Trinajstić information content (AvgIpc) is 3.05. The molecule has 0 N–H and O–H groups in total. The van der Waals surface area contributed by atoms with Crippen molar-refractivity contribution in [3.05, 3.63) is 76.0 Å². The molecule has 1 aromatic heterocycles. The number of carbonyl (C=O) groups excluding carboxylic acids is 1. The molecule has 22 heavy (non-hydrogen) atoms. The van der Waals surface area contributed by atoms with Crippen molar-refractivity contribution in [2.45, 2.75) is 20.4 Å². The Labute approximate surface area is 136 Å². The van der Waals surface area contributed by atoms with Crippen LogP contribution in [0, 0.1) is 0 Å². The van der Waals surface area contributed by atoms with E-state index in [1.165, 1.54) is 11.3 Å². The zero-order valence-corrected chi connectivity index (χ0v) is 13.9. The SMILES string of the molecule is C=C(C)/C=C/c1ccc(CN(CC)C(=O)c2cccs2)cc1. The third-order valence-electron chi connectivity index (χ3n) is 3.31. The van der Waals surface area contributed by atoms with Crippen molar-refractivity contribution in [3.63, 3.8) is 0 Å². The van der Waals surface area contributed by atoms with Crippen LogP contribution in [0.1, 0.15) is 34.6 Å². The second kappa shape index (κ2) is 7.76. The summed E-state index contributed by atoms with van der Waals surface area (Å²) >= 11 is 1.49. The van der Waals surface area contributed by atoms with Gasteiger partial charge in [-0.2, -0.15) is 0 Å². The minimum absolute atomic E-state index is 0.101. The zero-order chi connectivity index (χ0) is 15.9. The standard InChI is InChI=1S/C19H21NOS/c1-4-20(19(21)18-6-5-13-22-18)14-17-11-9-16(10-12-17)8-7-15(2)3/h5-13H,2,4,14H2,1,3H3/b8-7+. The van der Waals surface area contributed by atoms with E-state index < -0.39 is 0 Å². The molecule has 2 rings (SSSR count). The monoisotopic (exact) mass is 311 g/mol. The Hall–Kier alpha value is -2.13. The molecule has 0 atom stereocenters. The number of allylic oxidation sites excluding steroid dienone is 2. The van der Waals surface area contributed by atoms with Crippen LogP contribution < -0.4 is 0 Å². The highest BCUT2D eigenvalue weighted by Gasteiger charge is 2.15. The Morgan fingerprint density at radius 2 is 2.00 bits per heavy atom. The lowest BCUT2D eigenvalue weighted by atomic mass is 10.1. The maximum Gasteiger partial charge on any atom is 0.264 e. The first kappa shape index (κ1) is 16.2. The highest BCUT2D eigenvalue weighted by molar-refractivity contribution is 7.12. The Kier molecular flexibility index (Phi) is 5.73. The predicted molar refractivity (Wildman–Crippen MR) is 95.0 cm³/mol. The van der Waals surface area contributed by atoms with Gasteiger partial charge >= 0.3 is 0 Å². The van der Waals surface area contributed by atoms with Crippen molar-refractivity contribution in [2.75, 3.05) is 6.54 Å². The van der Waals surface area contributed by atoms with Crippen LogP contribution in [0.2, 0.25) is 0 Å². The third-order valence-corrected chi connectivity index (χ3v) is 4.17. The first-order valence-corrected chi connectivity index (χ1v) is 8.23. The van der Waals surface area contributed by atoms with Crippen molar-refractivity contribution >= 4 is 23.3 Å². The van der Waals surface area contributed by atoms with Gasteiger partial charge in [-0.3, -0.25) is 4.79 Å². The number of nitrogens with zero attached hydrogens (tertiary/aromatic N) is 1. The Morgan fingerprint density at radius 1 is 1.27 bits per heavy atom. The van der Waals surface area contributed by atoms with E-state index in [0.717, 1.165) is 21.6 Å². The molecule has 0 fully saturated rings. The molecule has 0 saturated heterocycles. The smallest absolute Gasteiger partial charge is 0.264 e. The Bertz CT molecular complexity index is 653. The van der Waals surface area contributed by atoms with Crippen molar-refractivity contribution < 1.29 is 4.79 Å². The van der Waals surface area contributed by atoms with Gasteiger partial charge in [-0.1, -0.05) is 54.6 Å². The minimum atomic E-state index is 0.101. The van der Waals surface area contributed by atoms with E-state index in [4.69, 9.17) is 0 Å². The largest absolute Gasteiger partial charge is 0.334 e. The van der Waals surface area contributed by atoms with Crippen LogP contribution in [0.25, 0.3) is 6.08 Å². The summed E-state index contributed by atoms with van der Waals surface area (Å²) < 4.78 is 0. The van der Waals surface area contributed by atoms with E-state index in [1.54, 1.807) is 0 Å². The van der Waals surface area contributed by atoms with Gasteiger partial charge in [-0.05, 0) is 36.4 Å². The molecule has 0 aliphatic carbocycles. The number of hydrogen-bond acceptors (Lipinski definition) is 2. The van der Waals surface area contributed by atoms with Crippen molar-refractivity contribution in [1.29, 1.82) is 0 Å². The highest BCUT2D eigenvalue weighted by atomic mass is 32.1. The maximum absolute atomic E-state index is 12.4. The molecule has 1 aromatic carbocycles. The number of benzene rings is 1. The van der Waals surface area contributed by atoms with Gasteiger partial charge in [0.05, 0.1) is 4.88 Å². The fraction of sp³-hybridized carbons (Fsp3) is 0.211. The lowest BCUT2D eigenvalue weighted by molar-refractivity contribution is 0.0757. The molecule has 114 valence electrons. The molecule has 1 amide bonds.